The molecule has 148 valence electrons. The Morgan fingerprint density at radius 3 is 2.63 bits per heavy atom. The number of carbonyl (C=O) groups is 1. The molecule has 0 aliphatic carbocycles. The zero-order valence-corrected chi connectivity index (χ0v) is 17.0. The van der Waals surface area contributed by atoms with Crippen molar-refractivity contribution >= 4 is 29.1 Å². The lowest BCUT2D eigenvalue weighted by Gasteiger charge is -2.27. The average molecular weight is 392 g/mol. The molecule has 2 N–H and O–H groups in total. The molecule has 1 aliphatic heterocycles. The molecule has 5 nitrogen and oxygen atoms in total. The number of halogens is 1. The molecular weight excluding hydrogens is 362 g/mol. The van der Waals surface area contributed by atoms with E-state index < -0.39 is 0 Å². The summed E-state index contributed by atoms with van der Waals surface area (Å²) in [5.74, 6) is 0.791. The van der Waals surface area contributed by atoms with Crippen molar-refractivity contribution in [2.75, 3.05) is 46.4 Å². The van der Waals surface area contributed by atoms with Crippen molar-refractivity contribution in [3.63, 3.8) is 0 Å². The van der Waals surface area contributed by atoms with Crippen LogP contribution in [0.15, 0.2) is 36.4 Å². The molecule has 0 spiro atoms. The molecule has 1 unspecified atom stereocenters. The van der Waals surface area contributed by atoms with E-state index in [4.69, 9.17) is 4.74 Å². The van der Waals surface area contributed by atoms with E-state index in [1.807, 2.05) is 31.2 Å². The number of hydrogen-bond acceptors (Lipinski definition) is 4. The maximum Gasteiger partial charge on any atom is 0.227 e. The number of ether oxygens (including phenoxy) is 1. The molecule has 6 heteroatoms. The molecule has 27 heavy (non-hydrogen) atoms. The number of rotatable bonds is 7. The first-order valence-electron chi connectivity index (χ1n) is 9.46. The molecule has 1 saturated heterocycles. The van der Waals surface area contributed by atoms with Crippen LogP contribution in [0.25, 0.3) is 10.8 Å². The van der Waals surface area contributed by atoms with Gasteiger partial charge in [0.05, 0.1) is 13.0 Å². The summed E-state index contributed by atoms with van der Waals surface area (Å²) in [4.78, 5) is 14.9. The summed E-state index contributed by atoms with van der Waals surface area (Å²) in [6, 6.07) is 12.2. The first-order valence-corrected chi connectivity index (χ1v) is 9.46. The van der Waals surface area contributed by atoms with E-state index in [2.05, 4.69) is 27.7 Å². The molecule has 1 atom stereocenters. The Morgan fingerprint density at radius 2 is 1.89 bits per heavy atom. The largest absolute Gasteiger partial charge is 0.497 e. The molecule has 1 heterocycles. The molecule has 1 aliphatic rings. The van der Waals surface area contributed by atoms with Crippen molar-refractivity contribution in [3.8, 4) is 5.75 Å². The molecule has 0 radical (unpaired) electrons. The van der Waals surface area contributed by atoms with Crippen molar-refractivity contribution in [3.05, 3.63) is 42.0 Å². The van der Waals surface area contributed by atoms with Crippen LogP contribution >= 0.6 is 12.4 Å². The fraction of sp³-hybridized carbons (Fsp3) is 0.476. The summed E-state index contributed by atoms with van der Waals surface area (Å²) in [7, 11) is 1.67. The first-order chi connectivity index (χ1) is 12.7. The van der Waals surface area contributed by atoms with Crippen LogP contribution in [-0.2, 0) is 4.79 Å². The highest BCUT2D eigenvalue weighted by Gasteiger charge is 2.15. The van der Waals surface area contributed by atoms with Gasteiger partial charge in [-0.2, -0.15) is 0 Å². The predicted molar refractivity (Wildman–Crippen MR) is 113 cm³/mol. The van der Waals surface area contributed by atoms with Crippen LogP contribution in [-0.4, -0.2) is 57.2 Å². The van der Waals surface area contributed by atoms with Crippen LogP contribution in [0.4, 0.5) is 0 Å². The summed E-state index contributed by atoms with van der Waals surface area (Å²) in [6.45, 7) is 8.09. The lowest BCUT2D eigenvalue weighted by atomic mass is 9.97. The third-order valence-electron chi connectivity index (χ3n) is 5.12. The number of nitrogens with zero attached hydrogens (tertiary/aromatic N) is 1. The standard InChI is InChI=1S/C21H29N3O2.ClH/c1-16(21(25)23-8-3-11-24-12-9-22-10-13-24)17-4-5-19-15-20(26-2)7-6-18(19)14-17;/h4-7,14-16,22H,3,8-13H2,1-2H3,(H,23,25);1H. The summed E-state index contributed by atoms with van der Waals surface area (Å²) in [5.41, 5.74) is 1.04. The van der Waals surface area contributed by atoms with Gasteiger partial charge in [-0.1, -0.05) is 24.3 Å². The zero-order chi connectivity index (χ0) is 18.4. The van der Waals surface area contributed by atoms with Gasteiger partial charge in [-0.3, -0.25) is 4.79 Å². The number of fused-ring (bicyclic) bond motifs is 1. The van der Waals surface area contributed by atoms with E-state index in [1.54, 1.807) is 7.11 Å². The minimum Gasteiger partial charge on any atom is -0.497 e. The van der Waals surface area contributed by atoms with E-state index in [9.17, 15) is 4.79 Å². The smallest absolute Gasteiger partial charge is 0.227 e. The zero-order valence-electron chi connectivity index (χ0n) is 16.2. The monoisotopic (exact) mass is 391 g/mol. The second-order valence-corrected chi connectivity index (χ2v) is 6.93. The first kappa shape index (κ1) is 21.5. The molecule has 3 rings (SSSR count). The van der Waals surface area contributed by atoms with Gasteiger partial charge in [-0.05, 0) is 48.4 Å². The molecule has 2 aromatic carbocycles. The van der Waals surface area contributed by atoms with Crippen LogP contribution < -0.4 is 15.4 Å². The Morgan fingerprint density at radius 1 is 1.19 bits per heavy atom. The Balaban J connectivity index is 0.00000261. The second kappa shape index (κ2) is 10.5. The van der Waals surface area contributed by atoms with Gasteiger partial charge in [-0.25, -0.2) is 0 Å². The fourth-order valence-corrected chi connectivity index (χ4v) is 3.39. The van der Waals surface area contributed by atoms with Crippen LogP contribution in [0.3, 0.4) is 0 Å². The molecule has 0 bridgehead atoms. The number of nitrogens with one attached hydrogen (secondary N) is 2. The van der Waals surface area contributed by atoms with Crippen molar-refractivity contribution in [1.82, 2.24) is 15.5 Å². The van der Waals surface area contributed by atoms with E-state index in [1.165, 1.54) is 0 Å². The number of benzene rings is 2. The van der Waals surface area contributed by atoms with Crippen molar-refractivity contribution < 1.29 is 9.53 Å². The quantitative estimate of drug-likeness (QED) is 0.712. The maximum atomic E-state index is 12.5. The lowest BCUT2D eigenvalue weighted by molar-refractivity contribution is -0.122. The normalized spacial score (nSPS) is 15.8. The minimum atomic E-state index is -0.152. The van der Waals surface area contributed by atoms with E-state index >= 15 is 0 Å². The third kappa shape index (κ3) is 5.83. The molecule has 2 aromatic rings. The van der Waals surface area contributed by atoms with Gasteiger partial charge in [0.1, 0.15) is 5.75 Å². The fourth-order valence-electron chi connectivity index (χ4n) is 3.39. The van der Waals surface area contributed by atoms with Gasteiger partial charge >= 0.3 is 0 Å². The molecule has 1 amide bonds. The average Bonchev–Trinajstić information content (AvgIpc) is 2.70. The van der Waals surface area contributed by atoms with Gasteiger partial charge in [0, 0.05) is 32.7 Å². The van der Waals surface area contributed by atoms with Gasteiger partial charge in [0.15, 0.2) is 0 Å². The van der Waals surface area contributed by atoms with Crippen molar-refractivity contribution in [1.29, 1.82) is 0 Å². The summed E-state index contributed by atoms with van der Waals surface area (Å²) in [5, 5.41) is 8.69. The lowest BCUT2D eigenvalue weighted by Crippen LogP contribution is -2.44. The van der Waals surface area contributed by atoms with Crippen molar-refractivity contribution in [2.45, 2.75) is 19.3 Å². The van der Waals surface area contributed by atoms with Crippen LogP contribution in [0.1, 0.15) is 24.8 Å². The molecular formula is C21H30ClN3O2. The summed E-state index contributed by atoms with van der Waals surface area (Å²) in [6.07, 6.45) is 0.996. The number of amides is 1. The van der Waals surface area contributed by atoms with Gasteiger partial charge in [0.2, 0.25) is 5.91 Å². The van der Waals surface area contributed by atoms with E-state index in [0.29, 0.717) is 0 Å². The van der Waals surface area contributed by atoms with Gasteiger partial charge in [0.25, 0.3) is 0 Å². The minimum absolute atomic E-state index is 0. The topological polar surface area (TPSA) is 53.6 Å². The van der Waals surface area contributed by atoms with Crippen LogP contribution in [0.2, 0.25) is 0 Å². The Kier molecular flexibility index (Phi) is 8.35. The van der Waals surface area contributed by atoms with Gasteiger partial charge in [-0.15, -0.1) is 12.4 Å². The van der Waals surface area contributed by atoms with Crippen LogP contribution in [0.5, 0.6) is 5.75 Å². The highest BCUT2D eigenvalue weighted by molar-refractivity contribution is 5.88. The molecule has 1 fully saturated rings. The number of piperazine rings is 1. The number of carbonyl (C=O) groups excluding carboxylic acids is 1. The number of methoxy groups -OCH3 is 1. The molecule has 0 saturated carbocycles. The highest BCUT2D eigenvalue weighted by atomic mass is 35.5. The van der Waals surface area contributed by atoms with E-state index in [-0.39, 0.29) is 24.2 Å². The second-order valence-electron chi connectivity index (χ2n) is 6.93. The van der Waals surface area contributed by atoms with E-state index in [0.717, 1.165) is 67.8 Å². The summed E-state index contributed by atoms with van der Waals surface area (Å²) >= 11 is 0. The van der Waals surface area contributed by atoms with Gasteiger partial charge < -0.3 is 20.3 Å². The summed E-state index contributed by atoms with van der Waals surface area (Å²) < 4.78 is 5.27. The molecule has 0 aromatic heterocycles. The Bertz CT molecular complexity index is 747. The highest BCUT2D eigenvalue weighted by Crippen LogP contribution is 2.25. The maximum absolute atomic E-state index is 12.5. The SMILES string of the molecule is COc1ccc2cc(C(C)C(=O)NCCCN3CCNCC3)ccc2c1.Cl. The predicted octanol–water partition coefficient (Wildman–Crippen LogP) is 2.79. The Hall–Kier alpha value is -1.82. The number of hydrogen-bond donors (Lipinski definition) is 2. The van der Waals surface area contributed by atoms with Crippen molar-refractivity contribution in [2.24, 2.45) is 0 Å². The Labute approximate surface area is 167 Å². The van der Waals surface area contributed by atoms with Crippen LogP contribution in [0, 0.1) is 0 Å². The third-order valence-corrected chi connectivity index (χ3v) is 5.12.